The van der Waals surface area contributed by atoms with E-state index in [0.29, 0.717) is 5.69 Å². The van der Waals surface area contributed by atoms with Gasteiger partial charge >= 0.3 is 5.97 Å². The average molecular weight is 286 g/mol. The molecule has 0 saturated carbocycles. The molecule has 0 aliphatic carbocycles. The lowest BCUT2D eigenvalue weighted by Gasteiger charge is -2.16. The van der Waals surface area contributed by atoms with E-state index >= 15 is 0 Å². The normalized spacial score (nSPS) is 13.4. The number of carboxylic acid groups (broad SMARTS) is 1. The molecule has 2 rings (SSSR count). The maximum Gasteiger partial charge on any atom is 0.307 e. The summed E-state index contributed by atoms with van der Waals surface area (Å²) in [6, 6.07) is 11.2. The lowest BCUT2D eigenvalue weighted by molar-refractivity contribution is -0.145. The SMILES string of the molecule is CC(C(=O)O)C(C)C(=O)Nc1cccc(-n2cccc2)c1. The number of carboxylic acids is 1. The molecule has 0 saturated heterocycles. The summed E-state index contributed by atoms with van der Waals surface area (Å²) >= 11 is 0. The first kappa shape index (κ1) is 14.8. The Balaban J connectivity index is 2.11. The Morgan fingerprint density at radius 1 is 1.10 bits per heavy atom. The second-order valence-electron chi connectivity index (χ2n) is 5.05. The molecule has 2 unspecified atom stereocenters. The third-order valence-corrected chi connectivity index (χ3v) is 3.57. The van der Waals surface area contributed by atoms with Gasteiger partial charge in [0.2, 0.25) is 5.91 Å². The third-order valence-electron chi connectivity index (χ3n) is 3.57. The van der Waals surface area contributed by atoms with E-state index in [1.54, 1.807) is 13.0 Å². The summed E-state index contributed by atoms with van der Waals surface area (Å²) in [5.41, 5.74) is 1.58. The van der Waals surface area contributed by atoms with E-state index in [1.165, 1.54) is 6.92 Å². The minimum Gasteiger partial charge on any atom is -0.481 e. The molecule has 21 heavy (non-hydrogen) atoms. The van der Waals surface area contributed by atoms with E-state index in [1.807, 2.05) is 47.3 Å². The number of rotatable bonds is 5. The van der Waals surface area contributed by atoms with Crippen molar-refractivity contribution < 1.29 is 14.7 Å². The number of anilines is 1. The first-order valence-electron chi connectivity index (χ1n) is 6.76. The molecule has 2 N–H and O–H groups in total. The van der Waals surface area contributed by atoms with Crippen LogP contribution in [0.4, 0.5) is 5.69 Å². The van der Waals surface area contributed by atoms with Crippen molar-refractivity contribution in [1.29, 1.82) is 0 Å². The molecule has 0 bridgehead atoms. The largest absolute Gasteiger partial charge is 0.481 e. The molecular weight excluding hydrogens is 268 g/mol. The van der Waals surface area contributed by atoms with Gasteiger partial charge in [-0.25, -0.2) is 0 Å². The van der Waals surface area contributed by atoms with Crippen molar-refractivity contribution in [3.63, 3.8) is 0 Å². The van der Waals surface area contributed by atoms with Crippen molar-refractivity contribution in [1.82, 2.24) is 4.57 Å². The number of carbonyl (C=O) groups excluding carboxylic acids is 1. The minimum atomic E-state index is -0.973. The van der Waals surface area contributed by atoms with Crippen LogP contribution in [0.1, 0.15) is 13.8 Å². The van der Waals surface area contributed by atoms with Crippen molar-refractivity contribution in [3.05, 3.63) is 48.8 Å². The zero-order valence-electron chi connectivity index (χ0n) is 12.0. The van der Waals surface area contributed by atoms with Gasteiger partial charge in [0.25, 0.3) is 0 Å². The molecule has 0 fully saturated rings. The predicted octanol–water partition coefficient (Wildman–Crippen LogP) is 2.77. The number of nitrogens with one attached hydrogen (secondary N) is 1. The van der Waals surface area contributed by atoms with Gasteiger partial charge in [0.05, 0.1) is 5.92 Å². The van der Waals surface area contributed by atoms with Crippen LogP contribution in [0.3, 0.4) is 0 Å². The molecule has 2 atom stereocenters. The van der Waals surface area contributed by atoms with E-state index in [0.717, 1.165) is 5.69 Å². The van der Waals surface area contributed by atoms with E-state index in [-0.39, 0.29) is 5.91 Å². The maximum absolute atomic E-state index is 12.1. The van der Waals surface area contributed by atoms with Gasteiger partial charge in [-0.2, -0.15) is 0 Å². The topological polar surface area (TPSA) is 71.3 Å². The van der Waals surface area contributed by atoms with Crippen molar-refractivity contribution in [2.75, 3.05) is 5.32 Å². The number of hydrogen-bond acceptors (Lipinski definition) is 2. The van der Waals surface area contributed by atoms with Crippen molar-refractivity contribution in [2.24, 2.45) is 11.8 Å². The first-order valence-corrected chi connectivity index (χ1v) is 6.76. The molecule has 1 aromatic heterocycles. The predicted molar refractivity (Wildman–Crippen MR) is 80.4 cm³/mol. The first-order chi connectivity index (χ1) is 9.99. The maximum atomic E-state index is 12.1. The molecule has 5 heteroatoms. The number of aliphatic carboxylic acids is 1. The summed E-state index contributed by atoms with van der Waals surface area (Å²) in [6.07, 6.45) is 3.83. The molecule has 1 aromatic carbocycles. The lowest BCUT2D eigenvalue weighted by Crippen LogP contribution is -2.29. The summed E-state index contributed by atoms with van der Waals surface area (Å²) in [5.74, 6) is -2.59. The van der Waals surface area contributed by atoms with Gasteiger partial charge in [-0.1, -0.05) is 19.9 Å². The fraction of sp³-hybridized carbons (Fsp3) is 0.250. The van der Waals surface area contributed by atoms with Crippen LogP contribution in [-0.4, -0.2) is 21.6 Å². The van der Waals surface area contributed by atoms with Crippen LogP contribution in [0.5, 0.6) is 0 Å². The van der Waals surface area contributed by atoms with E-state index < -0.39 is 17.8 Å². The molecule has 5 nitrogen and oxygen atoms in total. The zero-order valence-corrected chi connectivity index (χ0v) is 12.0. The summed E-state index contributed by atoms with van der Waals surface area (Å²) in [4.78, 5) is 23.0. The monoisotopic (exact) mass is 286 g/mol. The second kappa shape index (κ2) is 6.26. The van der Waals surface area contributed by atoms with E-state index in [4.69, 9.17) is 5.11 Å². The smallest absolute Gasteiger partial charge is 0.307 e. The number of benzene rings is 1. The van der Waals surface area contributed by atoms with Crippen LogP contribution in [0, 0.1) is 11.8 Å². The highest BCUT2D eigenvalue weighted by molar-refractivity contribution is 5.94. The molecule has 1 heterocycles. The molecule has 0 radical (unpaired) electrons. The van der Waals surface area contributed by atoms with Gasteiger partial charge in [-0.15, -0.1) is 0 Å². The molecule has 2 aromatic rings. The number of hydrogen-bond donors (Lipinski definition) is 2. The Bertz CT molecular complexity index is 635. The van der Waals surface area contributed by atoms with Crippen molar-refractivity contribution in [2.45, 2.75) is 13.8 Å². The molecule has 1 amide bonds. The highest BCUT2D eigenvalue weighted by Crippen LogP contribution is 2.18. The van der Waals surface area contributed by atoms with E-state index in [9.17, 15) is 9.59 Å². The second-order valence-corrected chi connectivity index (χ2v) is 5.05. The fourth-order valence-corrected chi connectivity index (χ4v) is 1.95. The van der Waals surface area contributed by atoms with Gasteiger partial charge in [-0.05, 0) is 30.3 Å². The van der Waals surface area contributed by atoms with Gasteiger partial charge in [0.15, 0.2) is 0 Å². The van der Waals surface area contributed by atoms with Gasteiger partial charge in [0, 0.05) is 29.7 Å². The van der Waals surface area contributed by atoms with Crippen LogP contribution in [0.2, 0.25) is 0 Å². The van der Waals surface area contributed by atoms with Crippen LogP contribution in [0.15, 0.2) is 48.8 Å². The Hall–Kier alpha value is -2.56. The fourth-order valence-electron chi connectivity index (χ4n) is 1.95. The minimum absolute atomic E-state index is 0.297. The number of aromatic nitrogens is 1. The Labute approximate surface area is 123 Å². The standard InChI is InChI=1S/C16H18N2O3/c1-11(12(2)16(20)21)15(19)17-13-6-5-7-14(10-13)18-8-3-4-9-18/h3-12H,1-2H3,(H,17,19)(H,20,21). The van der Waals surface area contributed by atoms with Gasteiger partial charge in [-0.3, -0.25) is 9.59 Å². The Morgan fingerprint density at radius 3 is 2.38 bits per heavy atom. The summed E-state index contributed by atoms with van der Waals surface area (Å²) in [7, 11) is 0. The van der Waals surface area contributed by atoms with Crippen molar-refractivity contribution in [3.8, 4) is 5.69 Å². The lowest BCUT2D eigenvalue weighted by atomic mass is 9.95. The number of carbonyl (C=O) groups is 2. The Morgan fingerprint density at radius 2 is 1.76 bits per heavy atom. The molecular formula is C16H18N2O3. The summed E-state index contributed by atoms with van der Waals surface area (Å²) in [5, 5.41) is 11.7. The molecule has 0 aliphatic rings. The number of nitrogens with zero attached hydrogens (tertiary/aromatic N) is 1. The molecule has 110 valence electrons. The molecule has 0 aliphatic heterocycles. The van der Waals surface area contributed by atoms with Crippen LogP contribution in [-0.2, 0) is 9.59 Å². The van der Waals surface area contributed by atoms with Crippen molar-refractivity contribution >= 4 is 17.6 Å². The summed E-state index contributed by atoms with van der Waals surface area (Å²) < 4.78 is 1.93. The molecule has 0 spiro atoms. The highest BCUT2D eigenvalue weighted by Gasteiger charge is 2.25. The highest BCUT2D eigenvalue weighted by atomic mass is 16.4. The average Bonchev–Trinajstić information content (AvgIpc) is 3.00. The number of amides is 1. The quantitative estimate of drug-likeness (QED) is 0.887. The third kappa shape index (κ3) is 3.51. The van der Waals surface area contributed by atoms with Gasteiger partial charge < -0.3 is 15.0 Å². The van der Waals surface area contributed by atoms with E-state index in [2.05, 4.69) is 5.32 Å². The van der Waals surface area contributed by atoms with Crippen LogP contribution in [0.25, 0.3) is 5.69 Å². The van der Waals surface area contributed by atoms with Crippen LogP contribution < -0.4 is 5.32 Å². The van der Waals surface area contributed by atoms with Gasteiger partial charge in [0.1, 0.15) is 0 Å². The van der Waals surface area contributed by atoms with Crippen LogP contribution >= 0.6 is 0 Å². The summed E-state index contributed by atoms with van der Waals surface area (Å²) in [6.45, 7) is 3.15. The zero-order chi connectivity index (χ0) is 15.4. The Kier molecular flexibility index (Phi) is 4.42.